The van der Waals surface area contributed by atoms with Crippen LogP contribution in [0.1, 0.15) is 24.8 Å². The van der Waals surface area contributed by atoms with Gasteiger partial charge < -0.3 is 14.8 Å². The van der Waals surface area contributed by atoms with Gasteiger partial charge in [0, 0.05) is 19.6 Å². The molecule has 1 atom stereocenters. The average molecular weight is 235 g/mol. The molecule has 1 unspecified atom stereocenters. The Morgan fingerprint density at radius 1 is 1.35 bits per heavy atom. The van der Waals surface area contributed by atoms with Gasteiger partial charge in [-0.15, -0.1) is 0 Å². The second-order valence-electron chi connectivity index (χ2n) is 4.45. The van der Waals surface area contributed by atoms with Gasteiger partial charge in [0.1, 0.15) is 5.75 Å². The third-order valence-corrected chi connectivity index (χ3v) is 3.04. The van der Waals surface area contributed by atoms with E-state index in [-0.39, 0.29) is 0 Å². The van der Waals surface area contributed by atoms with Crippen molar-refractivity contribution in [1.82, 2.24) is 5.32 Å². The molecule has 3 heteroatoms. The van der Waals surface area contributed by atoms with Crippen molar-refractivity contribution >= 4 is 0 Å². The van der Waals surface area contributed by atoms with Gasteiger partial charge in [-0.1, -0.05) is 12.1 Å². The molecule has 2 rings (SSSR count). The summed E-state index contributed by atoms with van der Waals surface area (Å²) in [7, 11) is 1.95. The van der Waals surface area contributed by atoms with Crippen molar-refractivity contribution < 1.29 is 9.47 Å². The van der Waals surface area contributed by atoms with Crippen LogP contribution in [0.4, 0.5) is 0 Å². The number of hydrogen-bond donors (Lipinski definition) is 1. The van der Waals surface area contributed by atoms with E-state index in [1.54, 1.807) is 0 Å². The monoisotopic (exact) mass is 235 g/mol. The minimum Gasteiger partial charge on any atom is -0.493 e. The number of nitrogens with one attached hydrogen (secondary N) is 1. The van der Waals surface area contributed by atoms with Crippen LogP contribution in [-0.4, -0.2) is 26.4 Å². The van der Waals surface area contributed by atoms with Crippen molar-refractivity contribution in [2.24, 2.45) is 0 Å². The molecule has 1 heterocycles. The molecule has 1 aliphatic heterocycles. The molecule has 17 heavy (non-hydrogen) atoms. The van der Waals surface area contributed by atoms with Crippen LogP contribution in [0, 0.1) is 0 Å². The van der Waals surface area contributed by atoms with Crippen LogP contribution < -0.4 is 10.1 Å². The highest BCUT2D eigenvalue weighted by Gasteiger charge is 2.14. The van der Waals surface area contributed by atoms with Crippen molar-refractivity contribution in [2.75, 3.05) is 20.3 Å². The molecule has 0 bridgehead atoms. The minimum atomic E-state index is 0.415. The number of hydrogen-bond acceptors (Lipinski definition) is 3. The second-order valence-corrected chi connectivity index (χ2v) is 4.45. The van der Waals surface area contributed by atoms with E-state index in [1.807, 2.05) is 19.2 Å². The Bertz CT molecular complexity index is 317. The average Bonchev–Trinajstić information content (AvgIpc) is 2.85. The topological polar surface area (TPSA) is 30.5 Å². The van der Waals surface area contributed by atoms with Gasteiger partial charge in [0.2, 0.25) is 0 Å². The molecule has 94 valence electrons. The molecule has 0 amide bonds. The van der Waals surface area contributed by atoms with Crippen molar-refractivity contribution in [3.63, 3.8) is 0 Å². The molecular weight excluding hydrogens is 214 g/mol. The SMILES string of the molecule is CNCc1ccc(OCCC2CCCO2)cc1. The van der Waals surface area contributed by atoms with Crippen LogP contribution in [-0.2, 0) is 11.3 Å². The second kappa shape index (κ2) is 6.62. The van der Waals surface area contributed by atoms with Crippen molar-refractivity contribution in [3.8, 4) is 5.75 Å². The lowest BCUT2D eigenvalue weighted by atomic mass is 10.2. The zero-order chi connectivity index (χ0) is 11.9. The van der Waals surface area contributed by atoms with Crippen LogP contribution >= 0.6 is 0 Å². The zero-order valence-electron chi connectivity index (χ0n) is 10.4. The lowest BCUT2D eigenvalue weighted by Gasteiger charge is -2.11. The summed E-state index contributed by atoms with van der Waals surface area (Å²) in [5.74, 6) is 0.947. The van der Waals surface area contributed by atoms with Crippen LogP contribution in [0.5, 0.6) is 5.75 Å². The van der Waals surface area contributed by atoms with E-state index in [1.165, 1.54) is 18.4 Å². The van der Waals surface area contributed by atoms with Gasteiger partial charge >= 0.3 is 0 Å². The molecule has 0 radical (unpaired) electrons. The van der Waals surface area contributed by atoms with Gasteiger partial charge in [-0.05, 0) is 37.6 Å². The van der Waals surface area contributed by atoms with E-state index < -0.39 is 0 Å². The minimum absolute atomic E-state index is 0.415. The Labute approximate surface area is 103 Å². The fourth-order valence-corrected chi connectivity index (χ4v) is 2.09. The summed E-state index contributed by atoms with van der Waals surface area (Å²) in [6.45, 7) is 2.57. The Kier molecular flexibility index (Phi) is 4.83. The largest absolute Gasteiger partial charge is 0.493 e. The van der Waals surface area contributed by atoms with Crippen LogP contribution in [0.2, 0.25) is 0 Å². The van der Waals surface area contributed by atoms with Gasteiger partial charge in [-0.25, -0.2) is 0 Å². The normalized spacial score (nSPS) is 19.5. The van der Waals surface area contributed by atoms with Crippen LogP contribution in [0.25, 0.3) is 0 Å². The van der Waals surface area contributed by atoms with Crippen molar-refractivity contribution in [1.29, 1.82) is 0 Å². The first-order valence-corrected chi connectivity index (χ1v) is 6.36. The van der Waals surface area contributed by atoms with Gasteiger partial charge in [-0.3, -0.25) is 0 Å². The number of ether oxygens (including phenoxy) is 2. The first-order valence-electron chi connectivity index (χ1n) is 6.36. The van der Waals surface area contributed by atoms with E-state index in [4.69, 9.17) is 9.47 Å². The molecule has 1 fully saturated rings. The Morgan fingerprint density at radius 3 is 2.82 bits per heavy atom. The van der Waals surface area contributed by atoms with Gasteiger partial charge in [0.05, 0.1) is 12.7 Å². The summed E-state index contributed by atoms with van der Waals surface area (Å²) in [4.78, 5) is 0. The van der Waals surface area contributed by atoms with E-state index >= 15 is 0 Å². The van der Waals surface area contributed by atoms with Gasteiger partial charge in [0.25, 0.3) is 0 Å². The molecule has 0 spiro atoms. The highest BCUT2D eigenvalue weighted by Crippen LogP contribution is 2.17. The maximum absolute atomic E-state index is 5.70. The first kappa shape index (κ1) is 12.4. The third kappa shape index (κ3) is 4.02. The molecule has 1 aliphatic rings. The molecule has 3 nitrogen and oxygen atoms in total. The Morgan fingerprint density at radius 2 is 2.18 bits per heavy atom. The molecular formula is C14H21NO2. The summed E-state index contributed by atoms with van der Waals surface area (Å²) in [6, 6.07) is 8.25. The van der Waals surface area contributed by atoms with Crippen LogP contribution in [0.15, 0.2) is 24.3 Å². The van der Waals surface area contributed by atoms with Crippen molar-refractivity contribution in [2.45, 2.75) is 31.9 Å². The van der Waals surface area contributed by atoms with Gasteiger partial charge in [0.15, 0.2) is 0 Å². The number of rotatable bonds is 6. The predicted molar refractivity (Wildman–Crippen MR) is 68.3 cm³/mol. The molecule has 1 aromatic carbocycles. The molecule has 1 aromatic rings. The standard InChI is InChI=1S/C14H21NO2/c1-15-11-12-4-6-14(7-5-12)17-10-8-13-3-2-9-16-13/h4-7,13,15H,2-3,8-11H2,1H3. The van der Waals surface area contributed by atoms with E-state index in [9.17, 15) is 0 Å². The van der Waals surface area contributed by atoms with E-state index in [0.29, 0.717) is 6.10 Å². The maximum atomic E-state index is 5.70. The summed E-state index contributed by atoms with van der Waals surface area (Å²) in [6.07, 6.45) is 3.80. The lowest BCUT2D eigenvalue weighted by Crippen LogP contribution is -2.10. The zero-order valence-corrected chi connectivity index (χ0v) is 10.4. The fourth-order valence-electron chi connectivity index (χ4n) is 2.09. The smallest absolute Gasteiger partial charge is 0.119 e. The van der Waals surface area contributed by atoms with Crippen molar-refractivity contribution in [3.05, 3.63) is 29.8 Å². The highest BCUT2D eigenvalue weighted by molar-refractivity contribution is 5.27. The fraction of sp³-hybridized carbons (Fsp3) is 0.571. The molecule has 1 N–H and O–H groups in total. The molecule has 0 saturated carbocycles. The summed E-state index contributed by atoms with van der Waals surface area (Å²) in [5, 5.41) is 3.13. The molecule has 0 aromatic heterocycles. The predicted octanol–water partition coefficient (Wildman–Crippen LogP) is 2.35. The molecule has 1 saturated heterocycles. The Balaban J connectivity index is 1.70. The summed E-state index contributed by atoms with van der Waals surface area (Å²) < 4.78 is 11.3. The van der Waals surface area contributed by atoms with E-state index in [2.05, 4.69) is 17.4 Å². The molecule has 0 aliphatic carbocycles. The lowest BCUT2D eigenvalue weighted by molar-refractivity contribution is 0.0903. The summed E-state index contributed by atoms with van der Waals surface area (Å²) in [5.41, 5.74) is 1.28. The number of benzene rings is 1. The highest BCUT2D eigenvalue weighted by atomic mass is 16.5. The van der Waals surface area contributed by atoms with E-state index in [0.717, 1.165) is 31.9 Å². The quantitative estimate of drug-likeness (QED) is 0.821. The van der Waals surface area contributed by atoms with Gasteiger partial charge in [-0.2, -0.15) is 0 Å². The third-order valence-electron chi connectivity index (χ3n) is 3.04. The first-order chi connectivity index (χ1) is 8.38. The maximum Gasteiger partial charge on any atom is 0.119 e. The Hall–Kier alpha value is -1.06. The summed E-state index contributed by atoms with van der Waals surface area (Å²) >= 11 is 0. The van der Waals surface area contributed by atoms with Crippen LogP contribution in [0.3, 0.4) is 0 Å².